The molecule has 0 N–H and O–H groups in total. The van der Waals surface area contributed by atoms with Gasteiger partial charge in [0.2, 0.25) is 0 Å². The van der Waals surface area contributed by atoms with Crippen molar-refractivity contribution in [3.63, 3.8) is 0 Å². The Morgan fingerprint density at radius 2 is 0.306 bits per heavy atom. The summed E-state index contributed by atoms with van der Waals surface area (Å²) in [6.07, 6.45) is 0. The summed E-state index contributed by atoms with van der Waals surface area (Å²) in [6.45, 7) is 59.8. The van der Waals surface area contributed by atoms with Crippen molar-refractivity contribution in [1.82, 2.24) is 0 Å². The number of benzene rings is 4. The Bertz CT molecular complexity index is 1780. The molecule has 4 aromatic rings. The Morgan fingerprint density at radius 1 is 0.194 bits per heavy atom. The van der Waals surface area contributed by atoms with Gasteiger partial charge in [0, 0.05) is 0 Å². The first-order valence-corrected chi connectivity index (χ1v) is 41.9. The standard InChI is InChI=1S/4C15H23.2Sn/c4*1-10(2)13-7-14(11(3)4)9-15(8-13)12(5)6;;/h4*7-8,10-12H,1-6H3;;. The summed E-state index contributed by atoms with van der Waals surface area (Å²) in [6, 6.07) is 21.8. The summed E-state index contributed by atoms with van der Waals surface area (Å²) < 4.78 is 7.53. The minimum absolute atomic E-state index is 0.441. The molecule has 0 radical (unpaired) electrons. The van der Waals surface area contributed by atoms with Crippen molar-refractivity contribution in [1.29, 1.82) is 0 Å². The van der Waals surface area contributed by atoms with Crippen molar-refractivity contribution in [3.05, 3.63) is 115 Å². The van der Waals surface area contributed by atoms with Gasteiger partial charge in [-0.2, -0.15) is 0 Å². The average molecular weight is 1050 g/mol. The molecule has 0 atom stereocenters. The van der Waals surface area contributed by atoms with Gasteiger partial charge >= 0.3 is 397 Å². The normalized spacial score (nSPS) is 12.6. The van der Waals surface area contributed by atoms with Crippen LogP contribution in [0.5, 0.6) is 0 Å². The van der Waals surface area contributed by atoms with E-state index in [1.807, 2.05) is 14.3 Å². The summed E-state index contributed by atoms with van der Waals surface area (Å²) >= 11 is -6.37. The summed E-state index contributed by atoms with van der Waals surface area (Å²) in [4.78, 5) is 0. The van der Waals surface area contributed by atoms with Crippen LogP contribution < -0.4 is 14.3 Å². The summed E-state index contributed by atoms with van der Waals surface area (Å²) in [5.74, 6) is 5.47. The van der Waals surface area contributed by atoms with Crippen molar-refractivity contribution in [2.24, 2.45) is 0 Å². The Balaban J connectivity index is 2.81. The first-order chi connectivity index (χ1) is 28.7. The molecular weight excluding hydrogens is 958 g/mol. The third kappa shape index (κ3) is 11.3. The van der Waals surface area contributed by atoms with Gasteiger partial charge in [-0.15, -0.1) is 0 Å². The molecule has 0 nitrogen and oxygen atoms in total. The monoisotopic (exact) mass is 1050 g/mol. The Labute approximate surface area is 393 Å². The molecule has 4 rings (SSSR count). The summed E-state index contributed by atoms with van der Waals surface area (Å²) in [7, 11) is 0. The van der Waals surface area contributed by atoms with Crippen molar-refractivity contribution in [2.45, 2.75) is 237 Å². The maximum absolute atomic E-state index is 3.18. The van der Waals surface area contributed by atoms with E-state index < -0.39 is 30.3 Å². The maximum atomic E-state index is 2.73. The molecule has 0 unspecified atom stereocenters. The Kier molecular flexibility index (Phi) is 18.7. The number of hydrogen-bond donors (Lipinski definition) is 0. The van der Waals surface area contributed by atoms with Gasteiger partial charge in [0.1, 0.15) is 0 Å². The molecule has 0 aliphatic heterocycles. The molecule has 0 heterocycles. The molecule has 340 valence electrons. The van der Waals surface area contributed by atoms with Crippen LogP contribution in [0.2, 0.25) is 0 Å². The first kappa shape index (κ1) is 53.1. The van der Waals surface area contributed by atoms with Crippen LogP contribution in [0, 0.1) is 0 Å². The van der Waals surface area contributed by atoms with Gasteiger partial charge in [0.15, 0.2) is 0 Å². The average Bonchev–Trinajstić information content (AvgIpc) is 3.17. The molecule has 0 aliphatic carbocycles. The van der Waals surface area contributed by atoms with Gasteiger partial charge in [0.25, 0.3) is 0 Å². The van der Waals surface area contributed by atoms with E-state index in [1.54, 1.807) is 44.5 Å². The van der Waals surface area contributed by atoms with Crippen LogP contribution in [-0.2, 0) is 0 Å². The summed E-state index contributed by atoms with van der Waals surface area (Å²) in [5, 5.41) is 0. The fourth-order valence-electron chi connectivity index (χ4n) is 9.73. The molecule has 0 saturated carbocycles. The predicted octanol–water partition coefficient (Wildman–Crippen LogP) is 16.2. The fourth-order valence-corrected chi connectivity index (χ4v) is 70.1. The molecule has 4 aromatic carbocycles. The van der Waals surface area contributed by atoms with E-state index in [0.29, 0.717) is 71.0 Å². The topological polar surface area (TPSA) is 0 Å². The van der Waals surface area contributed by atoms with E-state index >= 15 is 0 Å². The van der Waals surface area contributed by atoms with Crippen molar-refractivity contribution < 1.29 is 0 Å². The van der Waals surface area contributed by atoms with Crippen LogP contribution in [0.15, 0.2) is 48.5 Å². The van der Waals surface area contributed by atoms with Crippen molar-refractivity contribution >= 4 is 44.7 Å². The zero-order chi connectivity index (χ0) is 47.0. The second-order valence-corrected chi connectivity index (χ2v) is 52.0. The number of hydrogen-bond acceptors (Lipinski definition) is 0. The third-order valence-electron chi connectivity index (χ3n) is 13.8. The van der Waals surface area contributed by atoms with Gasteiger partial charge < -0.3 is 0 Å². The van der Waals surface area contributed by atoms with Gasteiger partial charge in [-0.1, -0.05) is 0 Å². The molecule has 0 amide bonds. The van der Waals surface area contributed by atoms with E-state index in [2.05, 4.69) is 215 Å². The van der Waals surface area contributed by atoms with E-state index in [0.717, 1.165) is 0 Å². The van der Waals surface area contributed by atoms with E-state index in [1.165, 1.54) is 22.3 Å². The molecule has 0 aliphatic rings. The third-order valence-corrected chi connectivity index (χ3v) is 56.2. The number of rotatable bonds is 16. The van der Waals surface area contributed by atoms with Gasteiger partial charge in [-0.05, 0) is 0 Å². The van der Waals surface area contributed by atoms with E-state index in [9.17, 15) is 0 Å². The van der Waals surface area contributed by atoms with Crippen LogP contribution in [0.1, 0.15) is 304 Å². The van der Waals surface area contributed by atoms with Crippen LogP contribution in [0.3, 0.4) is 0 Å². The molecular formula is C60H92Sn2. The van der Waals surface area contributed by atoms with E-state index in [-0.39, 0.29) is 0 Å². The zero-order valence-corrected chi connectivity index (χ0v) is 50.3. The molecule has 62 heavy (non-hydrogen) atoms. The molecule has 0 bridgehead atoms. The molecule has 2 heteroatoms. The second-order valence-electron chi connectivity index (χ2n) is 22.9. The Hall–Kier alpha value is -1.52. The molecule has 0 saturated heterocycles. The second kappa shape index (κ2) is 21.9. The van der Waals surface area contributed by atoms with Crippen molar-refractivity contribution in [2.75, 3.05) is 0 Å². The minimum atomic E-state index is -3.18. The SMILES string of the molecule is CC(C)c1cc(C(C)C)[c]([Sn]([c]2c(C(C)C)cc(C(C)C)cc2C(C)C)=[Sn]([c]2c(C(C)C)cc(C(C)C)cc2C(C)C)[c]2c(C(C)C)cc(C(C)C)cc2C(C)C)c(C(C)C)c1. The summed E-state index contributed by atoms with van der Waals surface area (Å²) in [5.41, 5.74) is 19.5. The van der Waals surface area contributed by atoms with Crippen LogP contribution in [0.25, 0.3) is 0 Å². The molecule has 0 fully saturated rings. The first-order valence-electron chi connectivity index (χ1n) is 25.2. The van der Waals surface area contributed by atoms with Gasteiger partial charge in [-0.3, -0.25) is 0 Å². The predicted molar refractivity (Wildman–Crippen MR) is 285 cm³/mol. The Morgan fingerprint density at radius 3 is 0.387 bits per heavy atom. The quantitative estimate of drug-likeness (QED) is 0.0981. The van der Waals surface area contributed by atoms with E-state index in [4.69, 9.17) is 0 Å². The van der Waals surface area contributed by atoms with Crippen LogP contribution >= 0.6 is 0 Å². The van der Waals surface area contributed by atoms with Gasteiger partial charge in [0.05, 0.1) is 0 Å². The van der Waals surface area contributed by atoms with Crippen LogP contribution in [-0.4, -0.2) is 30.3 Å². The molecule has 0 spiro atoms. The van der Waals surface area contributed by atoms with Crippen molar-refractivity contribution in [3.8, 4) is 0 Å². The molecule has 0 aromatic heterocycles. The fraction of sp³-hybridized carbons (Fsp3) is 0.600. The van der Waals surface area contributed by atoms with Crippen LogP contribution in [0.4, 0.5) is 0 Å². The zero-order valence-electron chi connectivity index (χ0n) is 44.5. The van der Waals surface area contributed by atoms with Gasteiger partial charge in [-0.25, -0.2) is 0 Å².